The molecule has 0 aliphatic carbocycles. The number of piperazine rings is 1. The van der Waals surface area contributed by atoms with Crippen molar-refractivity contribution in [3.8, 4) is 0 Å². The van der Waals surface area contributed by atoms with Gasteiger partial charge in [-0.05, 0) is 30.8 Å². The zero-order valence-electron chi connectivity index (χ0n) is 13.7. The van der Waals surface area contributed by atoms with E-state index in [2.05, 4.69) is 9.80 Å². The van der Waals surface area contributed by atoms with Crippen molar-refractivity contribution in [2.45, 2.75) is 13.3 Å². The van der Waals surface area contributed by atoms with Gasteiger partial charge < -0.3 is 19.8 Å². The molecule has 1 aliphatic rings. The van der Waals surface area contributed by atoms with Crippen molar-refractivity contribution in [3.63, 3.8) is 0 Å². The highest BCUT2D eigenvalue weighted by molar-refractivity contribution is 5.76. The lowest BCUT2D eigenvalue weighted by atomic mass is 10.2. The smallest absolute Gasteiger partial charge is 0.223 e. The molecule has 1 aliphatic heterocycles. The van der Waals surface area contributed by atoms with Crippen LogP contribution in [0.1, 0.15) is 13.3 Å². The van der Waals surface area contributed by atoms with Gasteiger partial charge in [0.1, 0.15) is 5.82 Å². The number of halogens is 1. The number of aliphatic hydroxyl groups excluding tert-OH is 1. The zero-order valence-corrected chi connectivity index (χ0v) is 13.7. The molecule has 1 fully saturated rings. The molecule has 1 heterocycles. The van der Waals surface area contributed by atoms with Gasteiger partial charge in [0, 0.05) is 51.4 Å². The number of benzene rings is 1. The van der Waals surface area contributed by atoms with E-state index in [1.54, 1.807) is 12.1 Å². The number of aliphatic hydroxyl groups is 1. The zero-order chi connectivity index (χ0) is 16.7. The molecule has 0 unspecified atom stereocenters. The lowest BCUT2D eigenvalue weighted by molar-refractivity contribution is -0.131. The summed E-state index contributed by atoms with van der Waals surface area (Å²) in [5.74, 6) is -0.0638. The van der Waals surface area contributed by atoms with Gasteiger partial charge in [-0.15, -0.1) is 0 Å². The Labute approximate surface area is 137 Å². The van der Waals surface area contributed by atoms with Crippen molar-refractivity contribution in [1.82, 2.24) is 9.80 Å². The summed E-state index contributed by atoms with van der Waals surface area (Å²) in [7, 11) is 0. The molecule has 0 radical (unpaired) electrons. The van der Waals surface area contributed by atoms with Crippen molar-refractivity contribution in [3.05, 3.63) is 30.1 Å². The average Bonchev–Trinajstić information content (AvgIpc) is 2.59. The topological polar surface area (TPSA) is 47.0 Å². The third-order valence-corrected chi connectivity index (χ3v) is 4.33. The van der Waals surface area contributed by atoms with Crippen molar-refractivity contribution >= 4 is 11.6 Å². The highest BCUT2D eigenvalue weighted by Crippen LogP contribution is 2.17. The number of nitrogens with zero attached hydrogens (tertiary/aromatic N) is 3. The molecule has 128 valence electrons. The van der Waals surface area contributed by atoms with Gasteiger partial charge in [0.2, 0.25) is 5.91 Å². The molecule has 1 aromatic carbocycles. The molecule has 1 N–H and O–H groups in total. The number of hydrogen-bond donors (Lipinski definition) is 1. The molecule has 6 heteroatoms. The molecule has 23 heavy (non-hydrogen) atoms. The van der Waals surface area contributed by atoms with Crippen LogP contribution in [-0.4, -0.2) is 73.2 Å². The van der Waals surface area contributed by atoms with Crippen LogP contribution in [-0.2, 0) is 4.79 Å². The van der Waals surface area contributed by atoms with Gasteiger partial charge in [-0.3, -0.25) is 4.79 Å². The summed E-state index contributed by atoms with van der Waals surface area (Å²) in [6, 6.07) is 6.49. The number of rotatable bonds is 7. The molecular weight excluding hydrogens is 297 g/mol. The van der Waals surface area contributed by atoms with Crippen LogP contribution in [0, 0.1) is 5.82 Å². The molecule has 0 saturated carbocycles. The van der Waals surface area contributed by atoms with Crippen LogP contribution in [0.2, 0.25) is 0 Å². The molecule has 0 aromatic heterocycles. The highest BCUT2D eigenvalue weighted by atomic mass is 19.1. The molecule has 2 rings (SSSR count). The lowest BCUT2D eigenvalue weighted by Gasteiger charge is -2.36. The summed E-state index contributed by atoms with van der Waals surface area (Å²) < 4.78 is 13.0. The highest BCUT2D eigenvalue weighted by Gasteiger charge is 2.21. The standard InChI is InChI=1S/C17H26FN3O2/c1-2-19(13-14-22)8-7-17(23)21-11-9-20(10-12-21)16-5-3-15(18)4-6-16/h3-6,22H,2,7-14H2,1H3. The van der Waals surface area contributed by atoms with Crippen molar-refractivity contribution in [2.24, 2.45) is 0 Å². The Morgan fingerprint density at radius 2 is 1.83 bits per heavy atom. The Kier molecular flexibility index (Phi) is 6.80. The second kappa shape index (κ2) is 8.84. The van der Waals surface area contributed by atoms with Gasteiger partial charge in [0.15, 0.2) is 0 Å². The molecule has 5 nitrogen and oxygen atoms in total. The first-order valence-electron chi connectivity index (χ1n) is 8.25. The van der Waals surface area contributed by atoms with E-state index < -0.39 is 0 Å². The van der Waals surface area contributed by atoms with E-state index in [1.807, 2.05) is 11.8 Å². The van der Waals surface area contributed by atoms with E-state index in [-0.39, 0.29) is 18.3 Å². The SMILES string of the molecule is CCN(CCO)CCC(=O)N1CCN(c2ccc(F)cc2)CC1. The van der Waals surface area contributed by atoms with E-state index in [4.69, 9.17) is 5.11 Å². The van der Waals surface area contributed by atoms with Gasteiger partial charge in [-0.2, -0.15) is 0 Å². The summed E-state index contributed by atoms with van der Waals surface area (Å²) in [4.78, 5) is 18.4. The van der Waals surface area contributed by atoms with E-state index in [0.717, 1.165) is 25.3 Å². The third kappa shape index (κ3) is 5.18. The molecule has 1 aromatic rings. The molecule has 1 saturated heterocycles. The van der Waals surface area contributed by atoms with Crippen LogP contribution in [0.3, 0.4) is 0 Å². The van der Waals surface area contributed by atoms with Crippen LogP contribution in [0.15, 0.2) is 24.3 Å². The van der Waals surface area contributed by atoms with Crippen LogP contribution in [0.25, 0.3) is 0 Å². The van der Waals surface area contributed by atoms with Gasteiger partial charge in [0.05, 0.1) is 6.61 Å². The Morgan fingerprint density at radius 1 is 1.17 bits per heavy atom. The molecule has 1 amide bonds. The number of anilines is 1. The first-order valence-corrected chi connectivity index (χ1v) is 8.25. The average molecular weight is 323 g/mol. The summed E-state index contributed by atoms with van der Waals surface area (Å²) in [5.41, 5.74) is 0.999. The van der Waals surface area contributed by atoms with Gasteiger partial charge in [0.25, 0.3) is 0 Å². The Morgan fingerprint density at radius 3 is 2.39 bits per heavy atom. The van der Waals surface area contributed by atoms with Gasteiger partial charge >= 0.3 is 0 Å². The summed E-state index contributed by atoms with van der Waals surface area (Å²) >= 11 is 0. The first kappa shape index (κ1) is 17.7. The van der Waals surface area contributed by atoms with Gasteiger partial charge in [-0.25, -0.2) is 4.39 Å². The molecular formula is C17H26FN3O2. The summed E-state index contributed by atoms with van der Waals surface area (Å²) in [6.45, 7) is 7.23. The fraction of sp³-hybridized carbons (Fsp3) is 0.588. The maximum Gasteiger partial charge on any atom is 0.223 e. The van der Waals surface area contributed by atoms with Crippen molar-refractivity contribution < 1.29 is 14.3 Å². The Hall–Kier alpha value is -1.66. The fourth-order valence-corrected chi connectivity index (χ4v) is 2.85. The fourth-order valence-electron chi connectivity index (χ4n) is 2.85. The summed E-state index contributed by atoms with van der Waals surface area (Å²) in [5, 5.41) is 8.97. The molecule has 0 spiro atoms. The number of hydrogen-bond acceptors (Lipinski definition) is 4. The first-order chi connectivity index (χ1) is 11.1. The quantitative estimate of drug-likeness (QED) is 0.818. The normalized spacial score (nSPS) is 15.3. The van der Waals surface area contributed by atoms with E-state index >= 15 is 0 Å². The number of carbonyl (C=O) groups is 1. The molecule has 0 atom stereocenters. The second-order valence-corrected chi connectivity index (χ2v) is 5.75. The van der Waals surface area contributed by atoms with Crippen molar-refractivity contribution in [1.29, 1.82) is 0 Å². The van der Waals surface area contributed by atoms with E-state index in [0.29, 0.717) is 32.6 Å². The Bertz CT molecular complexity index is 487. The van der Waals surface area contributed by atoms with Crippen LogP contribution >= 0.6 is 0 Å². The maximum absolute atomic E-state index is 13.0. The van der Waals surface area contributed by atoms with Gasteiger partial charge in [-0.1, -0.05) is 6.92 Å². The summed E-state index contributed by atoms with van der Waals surface area (Å²) in [6.07, 6.45) is 0.490. The number of likely N-dealkylation sites (N-methyl/N-ethyl adjacent to an activating group) is 1. The van der Waals surface area contributed by atoms with E-state index in [1.165, 1.54) is 12.1 Å². The minimum atomic E-state index is -0.231. The van der Waals surface area contributed by atoms with Crippen LogP contribution in [0.4, 0.5) is 10.1 Å². The van der Waals surface area contributed by atoms with E-state index in [9.17, 15) is 9.18 Å². The predicted octanol–water partition coefficient (Wildman–Crippen LogP) is 1.18. The van der Waals surface area contributed by atoms with Crippen LogP contribution in [0.5, 0.6) is 0 Å². The lowest BCUT2D eigenvalue weighted by Crippen LogP contribution is -2.49. The number of amides is 1. The maximum atomic E-state index is 13.0. The monoisotopic (exact) mass is 323 g/mol. The Balaban J connectivity index is 1.77. The van der Waals surface area contributed by atoms with Crippen molar-refractivity contribution in [2.75, 3.05) is 57.3 Å². The van der Waals surface area contributed by atoms with Crippen LogP contribution < -0.4 is 4.90 Å². The largest absolute Gasteiger partial charge is 0.395 e. The predicted molar refractivity (Wildman–Crippen MR) is 89.0 cm³/mol. The third-order valence-electron chi connectivity index (χ3n) is 4.33. The minimum absolute atomic E-state index is 0.123. The minimum Gasteiger partial charge on any atom is -0.395 e. The number of carbonyl (C=O) groups excluding carboxylic acids is 1. The molecule has 0 bridgehead atoms. The second-order valence-electron chi connectivity index (χ2n) is 5.75.